The first-order valence-corrected chi connectivity index (χ1v) is 6.66. The summed E-state index contributed by atoms with van der Waals surface area (Å²) < 4.78 is 1.57. The molecule has 19 heavy (non-hydrogen) atoms. The molecule has 0 spiro atoms. The number of aromatic nitrogens is 2. The Kier molecular flexibility index (Phi) is 4.09. The molecule has 1 saturated carbocycles. The number of aromatic carboxylic acids is 1. The molecule has 0 amide bonds. The van der Waals surface area contributed by atoms with Gasteiger partial charge in [0.05, 0.1) is 5.69 Å². The van der Waals surface area contributed by atoms with Crippen molar-refractivity contribution >= 4 is 11.8 Å². The molecule has 6 nitrogen and oxygen atoms in total. The van der Waals surface area contributed by atoms with E-state index < -0.39 is 5.97 Å². The number of hydrogen-bond acceptors (Lipinski definition) is 4. The van der Waals surface area contributed by atoms with Crippen LogP contribution in [0.5, 0.6) is 0 Å². The van der Waals surface area contributed by atoms with Gasteiger partial charge in [0, 0.05) is 20.2 Å². The zero-order valence-electron chi connectivity index (χ0n) is 11.4. The summed E-state index contributed by atoms with van der Waals surface area (Å²) in [6, 6.07) is 0. The highest BCUT2D eigenvalue weighted by atomic mass is 16.4. The second-order valence-electron chi connectivity index (χ2n) is 5.25. The molecule has 0 aromatic carbocycles. The van der Waals surface area contributed by atoms with Crippen molar-refractivity contribution in [3.05, 3.63) is 11.3 Å². The van der Waals surface area contributed by atoms with Gasteiger partial charge in [0.2, 0.25) is 0 Å². The lowest BCUT2D eigenvalue weighted by Gasteiger charge is -2.18. The Morgan fingerprint density at radius 2 is 2.16 bits per heavy atom. The predicted octanol–water partition coefficient (Wildman–Crippen LogP) is 1.25. The number of carboxylic acid groups (broad SMARTS) is 1. The highest BCUT2D eigenvalue weighted by Gasteiger charge is 2.27. The van der Waals surface area contributed by atoms with Crippen molar-refractivity contribution in [3.8, 4) is 0 Å². The molecule has 2 rings (SSSR count). The summed E-state index contributed by atoms with van der Waals surface area (Å²) >= 11 is 0. The van der Waals surface area contributed by atoms with Crippen LogP contribution in [-0.4, -0.2) is 39.1 Å². The Labute approximate surface area is 112 Å². The van der Waals surface area contributed by atoms with E-state index in [1.54, 1.807) is 18.7 Å². The number of rotatable bonds is 5. The molecule has 1 fully saturated rings. The maximum absolute atomic E-state index is 11.2. The normalized spacial score (nSPS) is 22.7. The van der Waals surface area contributed by atoms with E-state index >= 15 is 0 Å². The fraction of sp³-hybridized carbons (Fsp3) is 0.692. The molecule has 1 aliphatic carbocycles. The largest absolute Gasteiger partial charge is 0.477 e. The van der Waals surface area contributed by atoms with Gasteiger partial charge in [0.25, 0.3) is 0 Å². The average Bonchev–Trinajstić information content (AvgIpc) is 2.90. The van der Waals surface area contributed by atoms with E-state index in [-0.39, 0.29) is 12.2 Å². The van der Waals surface area contributed by atoms with Crippen molar-refractivity contribution in [1.29, 1.82) is 0 Å². The second-order valence-corrected chi connectivity index (χ2v) is 5.25. The maximum atomic E-state index is 11.2. The topological polar surface area (TPSA) is 87.4 Å². The Bertz CT molecular complexity index is 470. The van der Waals surface area contributed by atoms with Gasteiger partial charge in [0.15, 0.2) is 0 Å². The van der Waals surface area contributed by atoms with E-state index in [1.165, 1.54) is 0 Å². The molecule has 1 aliphatic rings. The molecule has 1 aromatic heterocycles. The third kappa shape index (κ3) is 2.73. The van der Waals surface area contributed by atoms with Crippen LogP contribution in [-0.2, 0) is 7.05 Å². The third-order valence-electron chi connectivity index (χ3n) is 4.02. The smallest absolute Gasteiger partial charge is 0.341 e. The standard InChI is InChI=1S/C13H21N3O3/c1-8-11(13(18)19)12(16(2)15-8)14-6-9-4-3-5-10(9)7-17/h9-10,14,17H,3-7H2,1-2H3,(H,18,19). The van der Waals surface area contributed by atoms with Gasteiger partial charge in [0.1, 0.15) is 11.4 Å². The van der Waals surface area contributed by atoms with Crippen molar-refractivity contribution in [3.63, 3.8) is 0 Å². The van der Waals surface area contributed by atoms with E-state index in [0.29, 0.717) is 29.9 Å². The van der Waals surface area contributed by atoms with Crippen molar-refractivity contribution in [1.82, 2.24) is 9.78 Å². The van der Waals surface area contributed by atoms with Crippen LogP contribution in [0.15, 0.2) is 0 Å². The number of carboxylic acids is 1. The number of anilines is 1. The number of hydrogen-bond donors (Lipinski definition) is 3. The van der Waals surface area contributed by atoms with Crippen LogP contribution in [0.4, 0.5) is 5.82 Å². The number of carbonyl (C=O) groups is 1. The number of nitrogens with zero attached hydrogens (tertiary/aromatic N) is 2. The molecular weight excluding hydrogens is 246 g/mol. The SMILES string of the molecule is Cc1nn(C)c(NCC2CCCC2CO)c1C(=O)O. The van der Waals surface area contributed by atoms with E-state index in [2.05, 4.69) is 10.4 Å². The summed E-state index contributed by atoms with van der Waals surface area (Å²) in [6.45, 7) is 2.59. The van der Waals surface area contributed by atoms with Crippen LogP contribution in [0.25, 0.3) is 0 Å². The number of aliphatic hydroxyl groups excluding tert-OH is 1. The molecule has 0 bridgehead atoms. The van der Waals surface area contributed by atoms with Crippen LogP contribution in [0, 0.1) is 18.8 Å². The quantitative estimate of drug-likeness (QED) is 0.747. The minimum absolute atomic E-state index is 0.211. The minimum atomic E-state index is -0.960. The lowest BCUT2D eigenvalue weighted by Crippen LogP contribution is -2.22. The lowest BCUT2D eigenvalue weighted by molar-refractivity contribution is 0.0697. The van der Waals surface area contributed by atoms with Gasteiger partial charge in [-0.15, -0.1) is 0 Å². The molecule has 106 valence electrons. The average molecular weight is 267 g/mol. The Balaban J connectivity index is 2.09. The van der Waals surface area contributed by atoms with Gasteiger partial charge in [-0.05, 0) is 31.6 Å². The molecule has 0 aliphatic heterocycles. The second kappa shape index (κ2) is 5.61. The molecular formula is C13H21N3O3. The molecule has 2 unspecified atom stereocenters. The molecule has 1 heterocycles. The zero-order chi connectivity index (χ0) is 14.0. The third-order valence-corrected chi connectivity index (χ3v) is 4.02. The van der Waals surface area contributed by atoms with E-state index in [4.69, 9.17) is 0 Å². The summed E-state index contributed by atoms with van der Waals surface area (Å²) in [5.41, 5.74) is 0.753. The number of aryl methyl sites for hydroxylation is 2. The highest BCUT2D eigenvalue weighted by Crippen LogP contribution is 2.31. The van der Waals surface area contributed by atoms with Crippen LogP contribution >= 0.6 is 0 Å². The van der Waals surface area contributed by atoms with Gasteiger partial charge in [-0.1, -0.05) is 6.42 Å². The van der Waals surface area contributed by atoms with Crippen molar-refractivity contribution in [2.45, 2.75) is 26.2 Å². The molecule has 3 N–H and O–H groups in total. The first-order valence-electron chi connectivity index (χ1n) is 6.66. The van der Waals surface area contributed by atoms with E-state index in [0.717, 1.165) is 19.3 Å². The Hall–Kier alpha value is -1.56. The van der Waals surface area contributed by atoms with Crippen LogP contribution in [0.1, 0.15) is 35.3 Å². The first-order chi connectivity index (χ1) is 9.04. The summed E-state index contributed by atoms with van der Waals surface area (Å²) in [6.07, 6.45) is 3.27. The molecule has 0 saturated heterocycles. The fourth-order valence-electron chi connectivity index (χ4n) is 2.97. The lowest BCUT2D eigenvalue weighted by atomic mass is 9.97. The van der Waals surface area contributed by atoms with Gasteiger partial charge >= 0.3 is 5.97 Å². The molecule has 0 radical (unpaired) electrons. The summed E-state index contributed by atoms with van der Waals surface area (Å²) in [5.74, 6) is 0.323. The first kappa shape index (κ1) is 13.9. The monoisotopic (exact) mass is 267 g/mol. The molecule has 1 aromatic rings. The van der Waals surface area contributed by atoms with Gasteiger partial charge in [-0.2, -0.15) is 5.10 Å². The van der Waals surface area contributed by atoms with Gasteiger partial charge in [-0.3, -0.25) is 4.68 Å². The number of aliphatic hydroxyl groups is 1. The van der Waals surface area contributed by atoms with Crippen LogP contribution in [0.2, 0.25) is 0 Å². The fourth-order valence-corrected chi connectivity index (χ4v) is 2.97. The minimum Gasteiger partial charge on any atom is -0.477 e. The molecule has 2 atom stereocenters. The van der Waals surface area contributed by atoms with Crippen molar-refractivity contribution in [2.75, 3.05) is 18.5 Å². The van der Waals surface area contributed by atoms with Gasteiger partial charge in [-0.25, -0.2) is 4.79 Å². The van der Waals surface area contributed by atoms with Crippen molar-refractivity contribution < 1.29 is 15.0 Å². The highest BCUT2D eigenvalue weighted by molar-refractivity contribution is 5.94. The number of nitrogens with one attached hydrogen (secondary N) is 1. The zero-order valence-corrected chi connectivity index (χ0v) is 11.4. The van der Waals surface area contributed by atoms with Crippen LogP contribution < -0.4 is 5.32 Å². The Morgan fingerprint density at radius 1 is 1.47 bits per heavy atom. The van der Waals surface area contributed by atoms with Gasteiger partial charge < -0.3 is 15.5 Å². The summed E-state index contributed by atoms with van der Waals surface area (Å²) in [4.78, 5) is 11.2. The summed E-state index contributed by atoms with van der Waals surface area (Å²) in [5, 5.41) is 25.9. The molecule has 6 heteroatoms. The van der Waals surface area contributed by atoms with Crippen LogP contribution in [0.3, 0.4) is 0 Å². The Morgan fingerprint density at radius 3 is 2.79 bits per heavy atom. The maximum Gasteiger partial charge on any atom is 0.341 e. The van der Waals surface area contributed by atoms with E-state index in [9.17, 15) is 15.0 Å². The summed E-state index contributed by atoms with van der Waals surface area (Å²) in [7, 11) is 1.74. The van der Waals surface area contributed by atoms with Crippen molar-refractivity contribution in [2.24, 2.45) is 18.9 Å². The van der Waals surface area contributed by atoms with E-state index in [1.807, 2.05) is 0 Å². The predicted molar refractivity (Wildman–Crippen MR) is 71.3 cm³/mol.